The normalized spacial score (nSPS) is 13.5. The van der Waals surface area contributed by atoms with Crippen LogP contribution in [0, 0.1) is 17.0 Å². The smallest absolute Gasteiger partial charge is 0.334 e. The Balaban J connectivity index is 1.74. The molecule has 0 bridgehead atoms. The molecule has 200 valence electrons. The number of carbonyl (C=O) groups excluding carboxylic acids is 1. The highest BCUT2D eigenvalue weighted by atomic mass is 19.1. The van der Waals surface area contributed by atoms with Gasteiger partial charge >= 0.3 is 6.03 Å². The van der Waals surface area contributed by atoms with Crippen molar-refractivity contribution >= 4 is 45.3 Å². The Morgan fingerprint density at radius 2 is 1.85 bits per heavy atom. The number of fused-ring (bicyclic) bond motifs is 2. The molecule has 0 aliphatic carbocycles. The number of aromatic amines is 1. The minimum absolute atomic E-state index is 0.176. The third-order valence-corrected chi connectivity index (χ3v) is 6.42. The number of hydrogen-bond donors (Lipinski definition) is 3. The lowest BCUT2D eigenvalue weighted by molar-refractivity contribution is 0.251. The van der Waals surface area contributed by atoms with Crippen molar-refractivity contribution in [3.63, 3.8) is 0 Å². The van der Waals surface area contributed by atoms with Crippen molar-refractivity contribution in [1.29, 1.82) is 5.41 Å². The molecule has 0 atom stereocenters. The maximum absolute atomic E-state index is 15.5. The third kappa shape index (κ3) is 4.29. The van der Waals surface area contributed by atoms with Gasteiger partial charge in [-0.25, -0.2) is 13.6 Å². The fourth-order valence-corrected chi connectivity index (χ4v) is 4.53. The van der Waals surface area contributed by atoms with E-state index in [2.05, 4.69) is 20.5 Å². The van der Waals surface area contributed by atoms with Gasteiger partial charge in [0, 0.05) is 47.7 Å². The van der Waals surface area contributed by atoms with Crippen LogP contribution in [-0.4, -0.2) is 48.2 Å². The zero-order valence-corrected chi connectivity index (χ0v) is 21.6. The lowest BCUT2D eigenvalue weighted by Crippen LogP contribution is -2.46. The minimum Gasteiger partial charge on any atom is -0.493 e. The van der Waals surface area contributed by atoms with Gasteiger partial charge in [-0.3, -0.25) is 19.9 Å². The Hall–Kier alpha value is -5.00. The van der Waals surface area contributed by atoms with Crippen LogP contribution in [0.1, 0.15) is 18.2 Å². The molecule has 1 aliphatic rings. The molecular formula is C27H25F2N7O3. The van der Waals surface area contributed by atoms with Crippen LogP contribution >= 0.6 is 0 Å². The van der Waals surface area contributed by atoms with E-state index in [-0.39, 0.29) is 23.8 Å². The first-order valence-corrected chi connectivity index (χ1v) is 11.9. The van der Waals surface area contributed by atoms with E-state index in [0.717, 1.165) is 21.9 Å². The van der Waals surface area contributed by atoms with Crippen molar-refractivity contribution in [3.05, 3.63) is 71.8 Å². The molecule has 12 heteroatoms. The molecule has 0 saturated carbocycles. The molecule has 0 unspecified atom stereocenters. The summed E-state index contributed by atoms with van der Waals surface area (Å²) in [6.45, 7) is 1.45. The molecule has 39 heavy (non-hydrogen) atoms. The first kappa shape index (κ1) is 25.6. The standard InChI is InChI=1S/C27H25F2N7O3/c1-14(30)18(12-31-2)20-8-21-16(10-32-20)13-35(26-24(28)22(38-3)9-23(39-4)25(26)29)27(37)36(21)17-5-6-19-15(7-17)11-33-34-19/h5-12,30-31H,13H2,1-4H3,(H,33,34)/b18-12+,30-14?. The number of nitrogens with zero attached hydrogens (tertiary/aromatic N) is 4. The number of rotatable bonds is 7. The van der Waals surface area contributed by atoms with Gasteiger partial charge < -0.3 is 20.2 Å². The number of methoxy groups -OCH3 is 2. The zero-order chi connectivity index (χ0) is 27.8. The fourth-order valence-electron chi connectivity index (χ4n) is 4.53. The van der Waals surface area contributed by atoms with Crippen LogP contribution in [0.15, 0.2) is 48.9 Å². The third-order valence-electron chi connectivity index (χ3n) is 6.42. The molecule has 5 rings (SSSR count). The minimum atomic E-state index is -1.04. The maximum atomic E-state index is 15.5. The number of pyridine rings is 1. The SMILES string of the molecule is CN/C=C(\C(C)=N)c1cc2c(cn1)CN(c1c(F)c(OC)cc(OC)c1F)C(=O)N2c1ccc2[nH]ncc2c1. The summed E-state index contributed by atoms with van der Waals surface area (Å²) in [4.78, 5) is 21.0. The summed E-state index contributed by atoms with van der Waals surface area (Å²) in [5, 5.41) is 18.7. The van der Waals surface area contributed by atoms with E-state index in [9.17, 15) is 4.79 Å². The Morgan fingerprint density at radius 3 is 2.49 bits per heavy atom. The van der Waals surface area contributed by atoms with Crippen molar-refractivity contribution in [2.24, 2.45) is 0 Å². The maximum Gasteiger partial charge on any atom is 0.334 e. The summed E-state index contributed by atoms with van der Waals surface area (Å²) in [5.41, 5.74) is 2.82. The van der Waals surface area contributed by atoms with Gasteiger partial charge in [0.15, 0.2) is 23.1 Å². The first-order valence-electron chi connectivity index (χ1n) is 11.9. The highest BCUT2D eigenvalue weighted by Gasteiger charge is 2.38. The zero-order valence-electron chi connectivity index (χ0n) is 21.6. The van der Waals surface area contributed by atoms with Crippen LogP contribution < -0.4 is 24.6 Å². The summed E-state index contributed by atoms with van der Waals surface area (Å²) >= 11 is 0. The van der Waals surface area contributed by atoms with Crippen LogP contribution in [-0.2, 0) is 6.54 Å². The average Bonchev–Trinajstić information content (AvgIpc) is 3.40. The molecule has 3 heterocycles. The molecule has 2 amide bonds. The molecule has 1 aliphatic heterocycles. The van der Waals surface area contributed by atoms with Crippen LogP contribution in [0.25, 0.3) is 16.5 Å². The monoisotopic (exact) mass is 533 g/mol. The van der Waals surface area contributed by atoms with Crippen LogP contribution in [0.2, 0.25) is 0 Å². The summed E-state index contributed by atoms with van der Waals surface area (Å²) in [6, 6.07) is 7.28. The van der Waals surface area contributed by atoms with E-state index in [4.69, 9.17) is 14.9 Å². The van der Waals surface area contributed by atoms with Crippen molar-refractivity contribution in [2.45, 2.75) is 13.5 Å². The van der Waals surface area contributed by atoms with E-state index >= 15 is 8.78 Å². The van der Waals surface area contributed by atoms with Gasteiger partial charge in [-0.1, -0.05) is 0 Å². The number of anilines is 3. The second-order valence-electron chi connectivity index (χ2n) is 8.77. The average molecular weight is 534 g/mol. The summed E-state index contributed by atoms with van der Waals surface area (Å²) in [6.07, 6.45) is 4.79. The number of ether oxygens (including phenoxy) is 2. The van der Waals surface area contributed by atoms with Crippen LogP contribution in [0.3, 0.4) is 0 Å². The van der Waals surface area contributed by atoms with E-state index in [1.165, 1.54) is 25.3 Å². The summed E-state index contributed by atoms with van der Waals surface area (Å²) in [7, 11) is 4.19. The van der Waals surface area contributed by atoms with E-state index < -0.39 is 23.4 Å². The van der Waals surface area contributed by atoms with E-state index in [1.807, 2.05) is 0 Å². The van der Waals surface area contributed by atoms with Gasteiger partial charge in [-0.05, 0) is 31.2 Å². The van der Waals surface area contributed by atoms with Crippen molar-refractivity contribution in [1.82, 2.24) is 20.5 Å². The number of hydrogen-bond acceptors (Lipinski definition) is 7. The molecule has 0 fully saturated rings. The second-order valence-corrected chi connectivity index (χ2v) is 8.77. The molecule has 2 aromatic carbocycles. The number of H-pyrrole nitrogens is 1. The molecule has 2 aromatic heterocycles. The number of urea groups is 1. The number of amides is 2. The second kappa shape index (κ2) is 10.0. The Labute approximate surface area is 222 Å². The van der Waals surface area contributed by atoms with Gasteiger partial charge in [0.25, 0.3) is 0 Å². The number of benzene rings is 2. The summed E-state index contributed by atoms with van der Waals surface area (Å²) in [5.74, 6) is -2.63. The van der Waals surface area contributed by atoms with E-state index in [1.54, 1.807) is 50.6 Å². The first-order chi connectivity index (χ1) is 18.8. The Kier molecular flexibility index (Phi) is 6.60. The quantitative estimate of drug-likeness (QED) is 0.283. The topological polar surface area (TPSA) is 119 Å². The highest BCUT2D eigenvalue weighted by molar-refractivity contribution is 6.21. The van der Waals surface area contributed by atoms with Gasteiger partial charge in [0.1, 0.15) is 5.69 Å². The van der Waals surface area contributed by atoms with Crippen molar-refractivity contribution in [3.8, 4) is 11.5 Å². The number of nitrogens with one attached hydrogen (secondary N) is 3. The van der Waals surface area contributed by atoms with Gasteiger partial charge in [-0.15, -0.1) is 0 Å². The largest absolute Gasteiger partial charge is 0.493 e. The predicted octanol–water partition coefficient (Wildman–Crippen LogP) is 5.13. The lowest BCUT2D eigenvalue weighted by Gasteiger charge is -2.37. The number of carbonyl (C=O) groups is 1. The molecule has 0 spiro atoms. The van der Waals surface area contributed by atoms with Crippen LogP contribution in [0.5, 0.6) is 11.5 Å². The van der Waals surface area contributed by atoms with Gasteiger partial charge in [-0.2, -0.15) is 5.10 Å². The van der Waals surface area contributed by atoms with Crippen LogP contribution in [0.4, 0.5) is 30.6 Å². The number of halogens is 2. The van der Waals surface area contributed by atoms with Gasteiger partial charge in [0.05, 0.1) is 49.5 Å². The molecule has 0 saturated heterocycles. The molecule has 4 aromatic rings. The van der Waals surface area contributed by atoms with Crippen molar-refractivity contribution < 1.29 is 23.0 Å². The number of aromatic nitrogens is 3. The summed E-state index contributed by atoms with van der Waals surface area (Å²) < 4.78 is 41.2. The Morgan fingerprint density at radius 1 is 1.13 bits per heavy atom. The number of allylic oxidation sites excluding steroid dienone is 1. The fraction of sp³-hybridized carbons (Fsp3) is 0.185. The van der Waals surface area contributed by atoms with E-state index in [0.29, 0.717) is 28.2 Å². The molecule has 3 N–H and O–H groups in total. The molecule has 0 radical (unpaired) electrons. The van der Waals surface area contributed by atoms with Gasteiger partial charge in [0.2, 0.25) is 0 Å². The predicted molar refractivity (Wildman–Crippen MR) is 144 cm³/mol. The van der Waals surface area contributed by atoms with Crippen molar-refractivity contribution in [2.75, 3.05) is 31.1 Å². The lowest BCUT2D eigenvalue weighted by atomic mass is 10.0. The molecule has 10 nitrogen and oxygen atoms in total. The molecular weight excluding hydrogens is 508 g/mol. The Bertz CT molecular complexity index is 1620. The highest BCUT2D eigenvalue weighted by Crippen LogP contribution is 2.43.